The second kappa shape index (κ2) is 10.3. The van der Waals surface area contributed by atoms with Crippen molar-refractivity contribution < 1.29 is 27.9 Å². The number of ether oxygens (including phenoxy) is 1. The smallest absolute Gasteiger partial charge is 0.338 e. The van der Waals surface area contributed by atoms with Gasteiger partial charge in [0.1, 0.15) is 5.82 Å². The highest BCUT2D eigenvalue weighted by atomic mass is 19.1. The van der Waals surface area contributed by atoms with Gasteiger partial charge in [0.2, 0.25) is 0 Å². The first-order chi connectivity index (χ1) is 16.8. The molecule has 3 amide bonds. The van der Waals surface area contributed by atoms with Crippen LogP contribution in [-0.2, 0) is 9.53 Å². The zero-order valence-electron chi connectivity index (χ0n) is 20.0. The van der Waals surface area contributed by atoms with Crippen LogP contribution in [0.2, 0.25) is 0 Å². The average Bonchev–Trinajstić information content (AvgIpc) is 3.37. The Balaban J connectivity index is 1.61. The normalized spacial score (nSPS) is 21.2. The summed E-state index contributed by atoms with van der Waals surface area (Å²) in [6.07, 6.45) is 1.47. The molecule has 0 aliphatic carbocycles. The van der Waals surface area contributed by atoms with E-state index in [1.807, 2.05) is 6.92 Å². The molecule has 4 rings (SSSR count). The van der Waals surface area contributed by atoms with Crippen molar-refractivity contribution >= 4 is 17.9 Å². The molecule has 1 aromatic heterocycles. The number of hydrogen-bond donors (Lipinski definition) is 1. The molecule has 1 saturated heterocycles. The molecule has 0 radical (unpaired) electrons. The summed E-state index contributed by atoms with van der Waals surface area (Å²) in [6.45, 7) is 5.71. The van der Waals surface area contributed by atoms with E-state index in [0.29, 0.717) is 48.8 Å². The Kier molecular flexibility index (Phi) is 7.20. The lowest BCUT2D eigenvalue weighted by molar-refractivity contribution is -0.139. The number of piperazine rings is 1. The first kappa shape index (κ1) is 24.5. The minimum atomic E-state index is -0.771. The van der Waals surface area contributed by atoms with Crippen LogP contribution in [0.5, 0.6) is 0 Å². The van der Waals surface area contributed by atoms with Crippen molar-refractivity contribution in [1.82, 2.24) is 20.0 Å². The largest absolute Gasteiger partial charge is 0.463 e. The summed E-state index contributed by atoms with van der Waals surface area (Å²) in [4.78, 5) is 43.9. The first-order valence-electron chi connectivity index (χ1n) is 11.6. The minimum Gasteiger partial charge on any atom is -0.463 e. The molecule has 2 aliphatic heterocycles. The van der Waals surface area contributed by atoms with Crippen molar-refractivity contribution in [3.63, 3.8) is 0 Å². The van der Waals surface area contributed by atoms with Crippen molar-refractivity contribution in [2.45, 2.75) is 25.9 Å². The molecule has 0 saturated carbocycles. The zero-order valence-corrected chi connectivity index (χ0v) is 20.0. The van der Waals surface area contributed by atoms with Gasteiger partial charge < -0.3 is 19.4 Å². The van der Waals surface area contributed by atoms with Gasteiger partial charge in [-0.1, -0.05) is 12.1 Å². The second-order valence-corrected chi connectivity index (χ2v) is 8.63. The fourth-order valence-corrected chi connectivity index (χ4v) is 4.54. The number of nitrogens with one attached hydrogen (secondary N) is 1. The Morgan fingerprint density at radius 1 is 1.20 bits per heavy atom. The molecular weight excluding hydrogens is 455 g/mol. The fraction of sp³-hybridized carbons (Fsp3) is 0.400. The number of halogens is 1. The van der Waals surface area contributed by atoms with E-state index in [-0.39, 0.29) is 24.6 Å². The summed E-state index contributed by atoms with van der Waals surface area (Å²) < 4.78 is 24.1. The lowest BCUT2D eigenvalue weighted by Gasteiger charge is -2.42. The molecule has 0 bridgehead atoms. The first-order valence-corrected chi connectivity index (χ1v) is 11.6. The lowest BCUT2D eigenvalue weighted by atomic mass is 9.94. The van der Waals surface area contributed by atoms with Crippen LogP contribution in [0.25, 0.3) is 0 Å². The maximum atomic E-state index is 13.5. The van der Waals surface area contributed by atoms with Crippen molar-refractivity contribution in [2.24, 2.45) is 0 Å². The van der Waals surface area contributed by atoms with E-state index < -0.39 is 17.8 Å². The highest BCUT2D eigenvalue weighted by Crippen LogP contribution is 2.32. The Bertz CT molecular complexity index is 1120. The van der Waals surface area contributed by atoms with Crippen LogP contribution in [0.1, 0.15) is 36.0 Å². The number of esters is 1. The van der Waals surface area contributed by atoms with Gasteiger partial charge >= 0.3 is 12.0 Å². The van der Waals surface area contributed by atoms with Gasteiger partial charge in [-0.15, -0.1) is 0 Å². The molecule has 0 unspecified atom stereocenters. The summed E-state index contributed by atoms with van der Waals surface area (Å²) in [6, 6.07) is 7.74. The van der Waals surface area contributed by atoms with E-state index in [0.717, 1.165) is 0 Å². The number of carbonyl (C=O) groups excluding carboxylic acids is 3. The summed E-state index contributed by atoms with van der Waals surface area (Å²) in [5.74, 6) is -0.822. The summed E-state index contributed by atoms with van der Waals surface area (Å²) >= 11 is 0. The SMILES string of the molecule is CCOC(=O)C1=C(CN2CCN(C(=O)c3ccco3)[C@H](C)C2)N(C)C(=O)N[C@@H]1c1ccc(F)cc1. The van der Waals surface area contributed by atoms with Gasteiger partial charge in [-0.25, -0.2) is 14.0 Å². The molecule has 9 nitrogen and oxygen atoms in total. The van der Waals surface area contributed by atoms with E-state index >= 15 is 0 Å². The van der Waals surface area contributed by atoms with Crippen molar-refractivity contribution in [1.29, 1.82) is 0 Å². The number of hydrogen-bond acceptors (Lipinski definition) is 6. The number of benzene rings is 1. The van der Waals surface area contributed by atoms with Crippen LogP contribution < -0.4 is 5.32 Å². The monoisotopic (exact) mass is 484 g/mol. The van der Waals surface area contributed by atoms with Crippen LogP contribution in [0, 0.1) is 5.82 Å². The standard InChI is InChI=1S/C25H29FN4O5/c1-4-34-24(32)21-19(28(3)25(33)27-22(21)17-7-9-18(26)10-8-17)15-29-11-12-30(16(2)14-29)23(31)20-6-5-13-35-20/h5-10,13,16,22H,4,11-12,14-15H2,1-3H3,(H,27,33)/t16-,22-/m1/s1. The van der Waals surface area contributed by atoms with Crippen LogP contribution in [-0.4, -0.2) is 78.5 Å². The Morgan fingerprint density at radius 3 is 2.57 bits per heavy atom. The van der Waals surface area contributed by atoms with Crippen LogP contribution in [0.4, 0.5) is 9.18 Å². The van der Waals surface area contributed by atoms with E-state index in [4.69, 9.17) is 9.15 Å². The third-order valence-corrected chi connectivity index (χ3v) is 6.35. The number of rotatable bonds is 6. The molecule has 10 heteroatoms. The molecule has 186 valence electrons. The number of likely N-dealkylation sites (N-methyl/N-ethyl adjacent to an activating group) is 1. The topological polar surface area (TPSA) is 95.3 Å². The molecular formula is C25H29FN4O5. The molecule has 3 heterocycles. The van der Waals surface area contributed by atoms with E-state index in [1.165, 1.54) is 23.3 Å². The molecule has 2 aromatic rings. The zero-order chi connectivity index (χ0) is 25.1. The van der Waals surface area contributed by atoms with Crippen LogP contribution in [0.15, 0.2) is 58.3 Å². The molecule has 1 fully saturated rings. The van der Waals surface area contributed by atoms with E-state index in [1.54, 1.807) is 43.1 Å². The minimum absolute atomic E-state index is 0.108. The lowest BCUT2D eigenvalue weighted by Crippen LogP contribution is -2.56. The fourth-order valence-electron chi connectivity index (χ4n) is 4.54. The van der Waals surface area contributed by atoms with Crippen molar-refractivity contribution in [3.05, 3.63) is 71.1 Å². The van der Waals surface area contributed by atoms with Gasteiger partial charge in [-0.2, -0.15) is 0 Å². The second-order valence-electron chi connectivity index (χ2n) is 8.63. The van der Waals surface area contributed by atoms with Crippen molar-refractivity contribution in [3.8, 4) is 0 Å². The maximum absolute atomic E-state index is 13.5. The average molecular weight is 485 g/mol. The van der Waals surface area contributed by atoms with Crippen LogP contribution >= 0.6 is 0 Å². The number of amides is 3. The quantitative estimate of drug-likeness (QED) is 0.634. The Morgan fingerprint density at radius 2 is 1.94 bits per heavy atom. The van der Waals surface area contributed by atoms with Gasteiger partial charge in [-0.3, -0.25) is 14.6 Å². The van der Waals surface area contributed by atoms with Crippen LogP contribution in [0.3, 0.4) is 0 Å². The third-order valence-electron chi connectivity index (χ3n) is 6.35. The Labute approximate surface area is 203 Å². The summed E-state index contributed by atoms with van der Waals surface area (Å²) in [5, 5.41) is 2.83. The summed E-state index contributed by atoms with van der Waals surface area (Å²) in [5.41, 5.74) is 1.40. The molecule has 2 aliphatic rings. The van der Waals surface area contributed by atoms with Gasteiger partial charge in [0.05, 0.1) is 24.5 Å². The number of urea groups is 1. The Hall–Kier alpha value is -3.66. The van der Waals surface area contributed by atoms with Gasteiger partial charge in [0.15, 0.2) is 5.76 Å². The van der Waals surface area contributed by atoms with Gasteiger partial charge in [0, 0.05) is 45.0 Å². The third kappa shape index (κ3) is 5.07. The summed E-state index contributed by atoms with van der Waals surface area (Å²) in [7, 11) is 1.60. The molecule has 0 spiro atoms. The number of furan rings is 1. The number of nitrogens with zero attached hydrogens (tertiary/aromatic N) is 3. The van der Waals surface area contributed by atoms with E-state index in [9.17, 15) is 18.8 Å². The highest BCUT2D eigenvalue weighted by Gasteiger charge is 2.38. The molecule has 1 aromatic carbocycles. The molecule has 1 N–H and O–H groups in total. The van der Waals surface area contributed by atoms with Gasteiger partial charge in [-0.05, 0) is 43.7 Å². The highest BCUT2D eigenvalue weighted by molar-refractivity contribution is 5.95. The predicted octanol–water partition coefficient (Wildman–Crippen LogP) is 2.78. The van der Waals surface area contributed by atoms with Crippen molar-refractivity contribution in [2.75, 3.05) is 39.8 Å². The predicted molar refractivity (Wildman–Crippen MR) is 125 cm³/mol. The van der Waals surface area contributed by atoms with E-state index in [2.05, 4.69) is 10.2 Å². The van der Waals surface area contributed by atoms with Gasteiger partial charge in [0.25, 0.3) is 5.91 Å². The maximum Gasteiger partial charge on any atom is 0.338 e. The number of carbonyl (C=O) groups is 3. The molecule has 2 atom stereocenters. The molecule has 35 heavy (non-hydrogen) atoms.